The van der Waals surface area contributed by atoms with Gasteiger partial charge in [0.2, 0.25) is 0 Å². The highest BCUT2D eigenvalue weighted by atomic mass is 32.2. The molecule has 3 N–H and O–H groups in total. The predicted octanol–water partition coefficient (Wildman–Crippen LogP) is 2.65. The Bertz CT molecular complexity index is 449. The van der Waals surface area contributed by atoms with Crippen LogP contribution in [-0.4, -0.2) is 7.05 Å². The summed E-state index contributed by atoms with van der Waals surface area (Å²) in [6, 6.07) is 12.2. The molecule has 0 spiro atoms. The summed E-state index contributed by atoms with van der Waals surface area (Å²) in [7, 11) is 1.91. The Kier molecular flexibility index (Phi) is 2.61. The first kappa shape index (κ1) is 9.37. The molecular weight excluding hydrogens is 192 g/mol. The monoisotopic (exact) mass is 204 g/mol. The van der Waals surface area contributed by atoms with Crippen molar-refractivity contribution in [2.75, 3.05) is 12.8 Å². The summed E-state index contributed by atoms with van der Waals surface area (Å²) in [6.07, 6.45) is 0. The van der Waals surface area contributed by atoms with E-state index in [1.807, 2.05) is 25.2 Å². The fraction of sp³-hybridized carbons (Fsp3) is 0.0909. The Hall–Kier alpha value is -1.19. The first-order chi connectivity index (χ1) is 6.83. The minimum Gasteiger partial charge on any atom is -0.398 e. The van der Waals surface area contributed by atoms with Gasteiger partial charge in [-0.25, -0.2) is 0 Å². The second kappa shape index (κ2) is 3.90. The highest BCUT2D eigenvalue weighted by molar-refractivity contribution is 7.97. The summed E-state index contributed by atoms with van der Waals surface area (Å²) in [4.78, 5) is 1.17. The number of nitrogens with one attached hydrogen (secondary N) is 1. The van der Waals surface area contributed by atoms with E-state index in [9.17, 15) is 0 Å². The number of nitrogens with two attached hydrogens (primary N) is 1. The van der Waals surface area contributed by atoms with Crippen LogP contribution in [0.25, 0.3) is 10.8 Å². The van der Waals surface area contributed by atoms with Gasteiger partial charge in [0.1, 0.15) is 0 Å². The van der Waals surface area contributed by atoms with Gasteiger partial charge >= 0.3 is 0 Å². The van der Waals surface area contributed by atoms with Crippen molar-refractivity contribution in [3.05, 3.63) is 36.4 Å². The van der Waals surface area contributed by atoms with Crippen molar-refractivity contribution in [3.63, 3.8) is 0 Å². The molecule has 2 aromatic carbocycles. The number of fused-ring (bicyclic) bond motifs is 1. The van der Waals surface area contributed by atoms with Crippen LogP contribution in [0.1, 0.15) is 0 Å². The van der Waals surface area contributed by atoms with E-state index in [-0.39, 0.29) is 0 Å². The molecule has 0 atom stereocenters. The quantitative estimate of drug-likeness (QED) is 0.583. The Morgan fingerprint density at radius 3 is 2.57 bits per heavy atom. The Morgan fingerprint density at radius 1 is 1.14 bits per heavy atom. The van der Waals surface area contributed by atoms with E-state index >= 15 is 0 Å². The van der Waals surface area contributed by atoms with Crippen LogP contribution in [0.3, 0.4) is 0 Å². The summed E-state index contributed by atoms with van der Waals surface area (Å²) in [5.74, 6) is 0. The van der Waals surface area contributed by atoms with Crippen LogP contribution >= 0.6 is 11.9 Å². The number of anilines is 1. The van der Waals surface area contributed by atoms with Crippen molar-refractivity contribution in [2.24, 2.45) is 0 Å². The number of nitrogen functional groups attached to an aromatic ring is 1. The molecule has 0 saturated heterocycles. The SMILES string of the molecule is CNSc1cccc2cccc(N)c12. The standard InChI is InChI=1S/C11H12N2S/c1-13-14-10-7-3-5-8-4-2-6-9(12)11(8)10/h2-7,13H,12H2,1H3. The molecule has 0 aromatic heterocycles. The van der Waals surface area contributed by atoms with Gasteiger partial charge in [0, 0.05) is 16.0 Å². The first-order valence-corrected chi connectivity index (χ1v) is 5.25. The van der Waals surface area contributed by atoms with Gasteiger partial charge in [-0.15, -0.1) is 0 Å². The van der Waals surface area contributed by atoms with E-state index in [0.717, 1.165) is 11.1 Å². The second-order valence-electron chi connectivity index (χ2n) is 3.01. The molecule has 14 heavy (non-hydrogen) atoms. The van der Waals surface area contributed by atoms with Gasteiger partial charge in [0.15, 0.2) is 0 Å². The maximum atomic E-state index is 5.95. The summed E-state index contributed by atoms with van der Waals surface area (Å²) in [5, 5.41) is 2.32. The zero-order valence-electron chi connectivity index (χ0n) is 7.95. The van der Waals surface area contributed by atoms with Crippen molar-refractivity contribution in [3.8, 4) is 0 Å². The second-order valence-corrected chi connectivity index (χ2v) is 4.06. The average Bonchev–Trinajstić information content (AvgIpc) is 2.19. The van der Waals surface area contributed by atoms with Gasteiger partial charge in [0.05, 0.1) is 0 Å². The topological polar surface area (TPSA) is 38.0 Å². The number of rotatable bonds is 2. The molecule has 3 heteroatoms. The first-order valence-electron chi connectivity index (χ1n) is 4.43. The lowest BCUT2D eigenvalue weighted by atomic mass is 10.1. The fourth-order valence-electron chi connectivity index (χ4n) is 1.53. The van der Waals surface area contributed by atoms with Gasteiger partial charge in [-0.1, -0.05) is 24.3 Å². The number of benzene rings is 2. The van der Waals surface area contributed by atoms with Crippen LogP contribution in [0.4, 0.5) is 5.69 Å². The summed E-state index contributed by atoms with van der Waals surface area (Å²) >= 11 is 1.59. The summed E-state index contributed by atoms with van der Waals surface area (Å²) < 4.78 is 3.06. The van der Waals surface area contributed by atoms with Gasteiger partial charge in [-0.3, -0.25) is 4.72 Å². The van der Waals surface area contributed by atoms with Crippen LogP contribution in [0.5, 0.6) is 0 Å². The lowest BCUT2D eigenvalue weighted by Crippen LogP contribution is -1.93. The maximum absolute atomic E-state index is 5.95. The molecular formula is C11H12N2S. The molecule has 2 nitrogen and oxygen atoms in total. The average molecular weight is 204 g/mol. The Balaban J connectivity index is 2.71. The van der Waals surface area contributed by atoms with Crippen molar-refractivity contribution in [1.29, 1.82) is 0 Å². The number of hydrogen-bond acceptors (Lipinski definition) is 3. The molecule has 2 aromatic rings. The van der Waals surface area contributed by atoms with E-state index in [1.54, 1.807) is 11.9 Å². The van der Waals surface area contributed by atoms with Crippen LogP contribution < -0.4 is 10.5 Å². The molecule has 0 amide bonds. The Morgan fingerprint density at radius 2 is 1.86 bits per heavy atom. The van der Waals surface area contributed by atoms with Gasteiger partial charge in [0.25, 0.3) is 0 Å². The molecule has 2 rings (SSSR count). The molecule has 0 saturated carbocycles. The van der Waals surface area contributed by atoms with E-state index in [2.05, 4.69) is 22.9 Å². The summed E-state index contributed by atoms with van der Waals surface area (Å²) in [6.45, 7) is 0. The van der Waals surface area contributed by atoms with Crippen molar-refractivity contribution >= 4 is 28.4 Å². The minimum atomic E-state index is 0.834. The van der Waals surface area contributed by atoms with Gasteiger partial charge < -0.3 is 5.73 Å². The molecule has 0 aliphatic carbocycles. The minimum absolute atomic E-state index is 0.834. The molecule has 0 unspecified atom stereocenters. The third kappa shape index (κ3) is 1.56. The van der Waals surface area contributed by atoms with Crippen molar-refractivity contribution < 1.29 is 0 Å². The predicted molar refractivity (Wildman–Crippen MR) is 63.3 cm³/mol. The highest BCUT2D eigenvalue weighted by Crippen LogP contribution is 2.30. The smallest absolute Gasteiger partial charge is 0.0405 e. The van der Waals surface area contributed by atoms with Gasteiger partial charge in [-0.05, 0) is 36.5 Å². The molecule has 72 valence electrons. The molecule has 0 radical (unpaired) electrons. The lowest BCUT2D eigenvalue weighted by Gasteiger charge is -2.07. The van der Waals surface area contributed by atoms with Crippen LogP contribution in [0, 0.1) is 0 Å². The van der Waals surface area contributed by atoms with Gasteiger partial charge in [-0.2, -0.15) is 0 Å². The largest absolute Gasteiger partial charge is 0.398 e. The van der Waals surface area contributed by atoms with E-state index in [0.29, 0.717) is 0 Å². The zero-order chi connectivity index (χ0) is 9.97. The molecule has 0 heterocycles. The van der Waals surface area contributed by atoms with Crippen LogP contribution in [0.2, 0.25) is 0 Å². The molecule has 0 bridgehead atoms. The zero-order valence-corrected chi connectivity index (χ0v) is 8.77. The normalized spacial score (nSPS) is 10.6. The van der Waals surface area contributed by atoms with Crippen LogP contribution in [-0.2, 0) is 0 Å². The fourth-order valence-corrected chi connectivity index (χ4v) is 2.23. The van der Waals surface area contributed by atoms with E-state index in [4.69, 9.17) is 5.73 Å². The highest BCUT2D eigenvalue weighted by Gasteiger charge is 2.03. The van der Waals surface area contributed by atoms with Crippen molar-refractivity contribution in [1.82, 2.24) is 4.72 Å². The van der Waals surface area contributed by atoms with E-state index in [1.165, 1.54) is 10.3 Å². The summed E-state index contributed by atoms with van der Waals surface area (Å²) in [5.41, 5.74) is 6.78. The third-order valence-electron chi connectivity index (χ3n) is 2.11. The van der Waals surface area contributed by atoms with Crippen LogP contribution in [0.15, 0.2) is 41.3 Å². The van der Waals surface area contributed by atoms with Crippen molar-refractivity contribution in [2.45, 2.75) is 4.90 Å². The maximum Gasteiger partial charge on any atom is 0.0405 e. The Labute approximate surface area is 87.6 Å². The lowest BCUT2D eigenvalue weighted by molar-refractivity contribution is 1.29. The molecule has 0 aliphatic heterocycles. The number of hydrogen-bond donors (Lipinski definition) is 2. The molecule has 0 aliphatic rings. The third-order valence-corrected chi connectivity index (χ3v) is 2.87. The van der Waals surface area contributed by atoms with E-state index < -0.39 is 0 Å². The molecule has 0 fully saturated rings.